The van der Waals surface area contributed by atoms with E-state index in [9.17, 15) is 5.11 Å². The maximum absolute atomic E-state index is 9.26. The first kappa shape index (κ1) is 14.2. The van der Waals surface area contributed by atoms with Crippen molar-refractivity contribution in [1.29, 1.82) is 0 Å². The molecular weight excluding hydrogens is 242 g/mol. The first-order valence-corrected chi connectivity index (χ1v) is 6.84. The third kappa shape index (κ3) is 4.16. The van der Waals surface area contributed by atoms with Crippen LogP contribution in [0.4, 0.5) is 5.69 Å². The SMILES string of the molecule is COCC(CO)NC1CCN(c2ccncc2)CC1. The summed E-state index contributed by atoms with van der Waals surface area (Å²) in [6.07, 6.45) is 5.84. The van der Waals surface area contributed by atoms with Crippen molar-refractivity contribution in [2.45, 2.75) is 24.9 Å². The van der Waals surface area contributed by atoms with Crippen LogP contribution in [-0.2, 0) is 4.74 Å². The Labute approximate surface area is 114 Å². The van der Waals surface area contributed by atoms with Crippen LogP contribution in [0.25, 0.3) is 0 Å². The molecule has 0 saturated carbocycles. The predicted octanol–water partition coefficient (Wildman–Crippen LogP) is 0.647. The fourth-order valence-electron chi connectivity index (χ4n) is 2.55. The van der Waals surface area contributed by atoms with Crippen LogP contribution in [-0.4, -0.2) is 55.6 Å². The van der Waals surface area contributed by atoms with Gasteiger partial charge in [0.25, 0.3) is 0 Å². The lowest BCUT2D eigenvalue weighted by Gasteiger charge is -2.35. The number of methoxy groups -OCH3 is 1. The minimum atomic E-state index is 0.0440. The summed E-state index contributed by atoms with van der Waals surface area (Å²) < 4.78 is 5.09. The Hall–Kier alpha value is -1.17. The fraction of sp³-hybridized carbons (Fsp3) is 0.643. The van der Waals surface area contributed by atoms with Gasteiger partial charge < -0.3 is 20.1 Å². The quantitative estimate of drug-likeness (QED) is 0.791. The summed E-state index contributed by atoms with van der Waals surface area (Å²) in [5.74, 6) is 0. The lowest BCUT2D eigenvalue weighted by atomic mass is 10.0. The molecule has 5 heteroatoms. The molecular formula is C14H23N3O2. The van der Waals surface area contributed by atoms with Crippen LogP contribution in [0.15, 0.2) is 24.5 Å². The Bertz CT molecular complexity index is 353. The number of aliphatic hydroxyl groups is 1. The average molecular weight is 265 g/mol. The van der Waals surface area contributed by atoms with Crippen molar-refractivity contribution in [3.63, 3.8) is 0 Å². The molecule has 0 amide bonds. The highest BCUT2D eigenvalue weighted by Gasteiger charge is 2.21. The molecule has 0 radical (unpaired) electrons. The number of aliphatic hydroxyl groups excluding tert-OH is 1. The number of anilines is 1. The molecule has 106 valence electrons. The van der Waals surface area contributed by atoms with Crippen LogP contribution in [0, 0.1) is 0 Å². The molecule has 1 fully saturated rings. The number of ether oxygens (including phenoxy) is 1. The average Bonchev–Trinajstić information content (AvgIpc) is 2.48. The van der Waals surface area contributed by atoms with Crippen molar-refractivity contribution >= 4 is 5.69 Å². The van der Waals surface area contributed by atoms with E-state index in [1.165, 1.54) is 5.69 Å². The molecule has 2 rings (SSSR count). The second-order valence-electron chi connectivity index (χ2n) is 4.97. The van der Waals surface area contributed by atoms with Crippen LogP contribution < -0.4 is 10.2 Å². The molecule has 2 heterocycles. The van der Waals surface area contributed by atoms with Crippen molar-refractivity contribution < 1.29 is 9.84 Å². The van der Waals surface area contributed by atoms with Crippen molar-refractivity contribution in [1.82, 2.24) is 10.3 Å². The van der Waals surface area contributed by atoms with E-state index in [1.54, 1.807) is 7.11 Å². The van der Waals surface area contributed by atoms with Crippen molar-refractivity contribution in [2.24, 2.45) is 0 Å². The highest BCUT2D eigenvalue weighted by molar-refractivity contribution is 5.44. The first-order valence-electron chi connectivity index (χ1n) is 6.84. The zero-order valence-corrected chi connectivity index (χ0v) is 11.5. The maximum atomic E-state index is 9.26. The van der Waals surface area contributed by atoms with Crippen LogP contribution in [0.2, 0.25) is 0 Å². The molecule has 1 aromatic rings. The van der Waals surface area contributed by atoms with E-state index in [2.05, 4.69) is 27.3 Å². The second kappa shape index (κ2) is 7.43. The third-order valence-electron chi connectivity index (χ3n) is 3.58. The van der Waals surface area contributed by atoms with Crippen molar-refractivity contribution in [3.05, 3.63) is 24.5 Å². The van der Waals surface area contributed by atoms with Gasteiger partial charge >= 0.3 is 0 Å². The van der Waals surface area contributed by atoms with E-state index in [0.717, 1.165) is 25.9 Å². The van der Waals surface area contributed by atoms with Gasteiger partial charge in [0.2, 0.25) is 0 Å². The molecule has 1 unspecified atom stereocenters. The van der Waals surface area contributed by atoms with Gasteiger partial charge in [0.1, 0.15) is 0 Å². The minimum absolute atomic E-state index is 0.0440. The van der Waals surface area contributed by atoms with Gasteiger partial charge in [-0.15, -0.1) is 0 Å². The predicted molar refractivity (Wildman–Crippen MR) is 75.4 cm³/mol. The van der Waals surface area contributed by atoms with Gasteiger partial charge in [-0.05, 0) is 25.0 Å². The number of hydrogen-bond acceptors (Lipinski definition) is 5. The zero-order valence-electron chi connectivity index (χ0n) is 11.5. The summed E-state index contributed by atoms with van der Waals surface area (Å²) in [7, 11) is 1.66. The monoisotopic (exact) mass is 265 g/mol. The van der Waals surface area contributed by atoms with Crippen LogP contribution >= 0.6 is 0 Å². The van der Waals surface area contributed by atoms with Gasteiger partial charge in [-0.1, -0.05) is 0 Å². The van der Waals surface area contributed by atoms with Gasteiger partial charge in [0.05, 0.1) is 19.3 Å². The number of hydrogen-bond donors (Lipinski definition) is 2. The van der Waals surface area contributed by atoms with E-state index in [0.29, 0.717) is 12.6 Å². The van der Waals surface area contributed by atoms with E-state index >= 15 is 0 Å². The van der Waals surface area contributed by atoms with Crippen molar-refractivity contribution in [2.75, 3.05) is 38.3 Å². The molecule has 2 N–H and O–H groups in total. The molecule has 19 heavy (non-hydrogen) atoms. The Morgan fingerprint density at radius 1 is 1.42 bits per heavy atom. The lowest BCUT2D eigenvalue weighted by Crippen LogP contribution is -2.48. The van der Waals surface area contributed by atoms with Gasteiger partial charge in [-0.25, -0.2) is 0 Å². The van der Waals surface area contributed by atoms with Gasteiger partial charge in [-0.2, -0.15) is 0 Å². The molecule has 0 bridgehead atoms. The summed E-state index contributed by atoms with van der Waals surface area (Å²) >= 11 is 0. The van der Waals surface area contributed by atoms with E-state index in [4.69, 9.17) is 4.74 Å². The van der Waals surface area contributed by atoms with Crippen molar-refractivity contribution in [3.8, 4) is 0 Å². The topological polar surface area (TPSA) is 57.6 Å². The summed E-state index contributed by atoms with van der Waals surface area (Å²) in [4.78, 5) is 6.42. The lowest BCUT2D eigenvalue weighted by molar-refractivity contribution is 0.119. The number of rotatable bonds is 6. The van der Waals surface area contributed by atoms with Gasteiger partial charge in [-0.3, -0.25) is 4.98 Å². The number of aromatic nitrogens is 1. The Morgan fingerprint density at radius 2 is 2.11 bits per heavy atom. The van der Waals surface area contributed by atoms with E-state index < -0.39 is 0 Å². The van der Waals surface area contributed by atoms with Crippen LogP contribution in [0.3, 0.4) is 0 Å². The number of piperidine rings is 1. The minimum Gasteiger partial charge on any atom is -0.395 e. The highest BCUT2D eigenvalue weighted by atomic mass is 16.5. The molecule has 1 aromatic heterocycles. The summed E-state index contributed by atoms with van der Waals surface area (Å²) in [5, 5.41) is 12.7. The van der Waals surface area contributed by atoms with E-state index in [1.807, 2.05) is 12.4 Å². The molecule has 1 aliphatic rings. The standard InChI is InChI=1S/C14H23N3O2/c1-19-11-13(10-18)16-12-4-8-17(9-5-12)14-2-6-15-7-3-14/h2-3,6-7,12-13,16,18H,4-5,8-11H2,1H3. The summed E-state index contributed by atoms with van der Waals surface area (Å²) in [6.45, 7) is 2.75. The van der Waals surface area contributed by atoms with Crippen LogP contribution in [0.1, 0.15) is 12.8 Å². The molecule has 1 atom stereocenters. The largest absolute Gasteiger partial charge is 0.395 e. The fourth-order valence-corrected chi connectivity index (χ4v) is 2.55. The Morgan fingerprint density at radius 3 is 2.68 bits per heavy atom. The smallest absolute Gasteiger partial charge is 0.0638 e. The summed E-state index contributed by atoms with van der Waals surface area (Å²) in [6, 6.07) is 4.61. The first-order chi connectivity index (χ1) is 9.33. The normalized spacial score (nSPS) is 18.5. The van der Waals surface area contributed by atoms with Crippen LogP contribution in [0.5, 0.6) is 0 Å². The zero-order chi connectivity index (χ0) is 13.5. The van der Waals surface area contributed by atoms with Gasteiger partial charge in [0, 0.05) is 44.3 Å². The highest BCUT2D eigenvalue weighted by Crippen LogP contribution is 2.19. The third-order valence-corrected chi connectivity index (χ3v) is 3.58. The molecule has 0 spiro atoms. The molecule has 1 aliphatic heterocycles. The molecule has 5 nitrogen and oxygen atoms in total. The van der Waals surface area contributed by atoms with Gasteiger partial charge in [0.15, 0.2) is 0 Å². The Kier molecular flexibility index (Phi) is 5.57. The Balaban J connectivity index is 1.79. The molecule has 0 aromatic carbocycles. The van der Waals surface area contributed by atoms with E-state index in [-0.39, 0.29) is 12.6 Å². The second-order valence-corrected chi connectivity index (χ2v) is 4.97. The molecule has 0 aliphatic carbocycles. The number of pyridine rings is 1. The molecule has 1 saturated heterocycles. The summed E-state index contributed by atoms with van der Waals surface area (Å²) in [5.41, 5.74) is 1.24. The maximum Gasteiger partial charge on any atom is 0.0638 e. The number of nitrogens with zero attached hydrogens (tertiary/aromatic N) is 2. The number of nitrogens with one attached hydrogen (secondary N) is 1.